The van der Waals surface area contributed by atoms with E-state index in [2.05, 4.69) is 42.2 Å². The average Bonchev–Trinajstić information content (AvgIpc) is 3.42. The molecular weight excluding hydrogens is 433 g/mol. The Labute approximate surface area is 198 Å². The van der Waals surface area contributed by atoms with Gasteiger partial charge in [0.05, 0.1) is 11.2 Å². The largest absolute Gasteiger partial charge is 0.488 e. The van der Waals surface area contributed by atoms with Gasteiger partial charge in [0.15, 0.2) is 0 Å². The summed E-state index contributed by atoms with van der Waals surface area (Å²) in [5.74, 6) is 1.75. The van der Waals surface area contributed by atoms with Crippen molar-refractivity contribution < 1.29 is 9.13 Å². The highest BCUT2D eigenvalue weighted by Gasteiger charge is 2.40. The van der Waals surface area contributed by atoms with E-state index in [9.17, 15) is 0 Å². The molecule has 1 aliphatic carbocycles. The Morgan fingerprint density at radius 1 is 1.03 bits per heavy atom. The van der Waals surface area contributed by atoms with E-state index in [0.717, 1.165) is 86.0 Å². The topological polar surface area (TPSA) is 82.2 Å². The van der Waals surface area contributed by atoms with Crippen molar-refractivity contribution in [2.24, 2.45) is 0 Å². The van der Waals surface area contributed by atoms with Gasteiger partial charge < -0.3 is 15.0 Å². The average molecular weight is 466 g/mol. The first-order chi connectivity index (χ1) is 16.5. The maximum atomic E-state index is 15.1. The summed E-state index contributed by atoms with van der Waals surface area (Å²) in [7, 11) is 0. The van der Waals surface area contributed by atoms with Crippen LogP contribution < -0.4 is 15.0 Å². The highest BCUT2D eigenvalue weighted by atomic mass is 19.1. The van der Waals surface area contributed by atoms with Crippen LogP contribution in [-0.2, 0) is 0 Å². The fourth-order valence-electron chi connectivity index (χ4n) is 5.03. The van der Waals surface area contributed by atoms with E-state index in [0.29, 0.717) is 19.4 Å². The van der Waals surface area contributed by atoms with Crippen molar-refractivity contribution in [1.29, 1.82) is 0 Å². The van der Waals surface area contributed by atoms with Crippen LogP contribution in [0.5, 0.6) is 5.75 Å². The number of benzene rings is 1. The summed E-state index contributed by atoms with van der Waals surface area (Å²) >= 11 is 0. The highest BCUT2D eigenvalue weighted by molar-refractivity contribution is 5.93. The quantitative estimate of drug-likeness (QED) is 0.579. The van der Waals surface area contributed by atoms with Gasteiger partial charge in [-0.3, -0.25) is 10.00 Å². The highest BCUT2D eigenvalue weighted by Crippen LogP contribution is 2.40. The molecular formula is C25H32FN7O. The molecule has 3 aromatic rings. The number of ether oxygens (including phenoxy) is 1. The number of hydrogen-bond acceptors (Lipinski definition) is 7. The number of rotatable bonds is 6. The fourth-order valence-corrected chi connectivity index (χ4v) is 5.03. The molecule has 0 amide bonds. The van der Waals surface area contributed by atoms with Crippen molar-refractivity contribution in [3.8, 4) is 17.1 Å². The molecule has 1 saturated carbocycles. The smallest absolute Gasteiger partial charge is 0.132 e. The number of aromatic amines is 1. The lowest BCUT2D eigenvalue weighted by Gasteiger charge is -2.40. The summed E-state index contributed by atoms with van der Waals surface area (Å²) < 4.78 is 21.3. The van der Waals surface area contributed by atoms with E-state index in [-0.39, 0.29) is 5.60 Å². The van der Waals surface area contributed by atoms with E-state index in [1.807, 2.05) is 24.3 Å². The van der Waals surface area contributed by atoms with Gasteiger partial charge in [-0.1, -0.05) is 0 Å². The van der Waals surface area contributed by atoms with Crippen LogP contribution >= 0.6 is 0 Å². The lowest BCUT2D eigenvalue weighted by atomic mass is 9.93. The van der Waals surface area contributed by atoms with E-state index < -0.39 is 5.67 Å². The summed E-state index contributed by atoms with van der Waals surface area (Å²) in [6, 6.07) is 8.05. The summed E-state index contributed by atoms with van der Waals surface area (Å²) in [4.78, 5) is 13.6. The summed E-state index contributed by atoms with van der Waals surface area (Å²) in [5.41, 5.74) is 1.45. The summed E-state index contributed by atoms with van der Waals surface area (Å²) in [5, 5.41) is 11.9. The Balaban J connectivity index is 1.16. The molecule has 2 aromatic heterocycles. The minimum atomic E-state index is -1.06. The number of hydrogen-bond donors (Lipinski definition) is 2. The molecule has 4 heterocycles. The molecule has 0 spiro atoms. The van der Waals surface area contributed by atoms with Gasteiger partial charge in [-0.15, -0.1) is 0 Å². The third kappa shape index (κ3) is 4.46. The number of halogens is 1. The molecule has 9 heteroatoms. The van der Waals surface area contributed by atoms with Crippen LogP contribution in [0.3, 0.4) is 0 Å². The number of fused-ring (bicyclic) bond motifs is 1. The van der Waals surface area contributed by atoms with Crippen LogP contribution in [0.1, 0.15) is 32.6 Å². The number of H-pyrrole nitrogens is 1. The molecule has 0 unspecified atom stereocenters. The molecule has 6 rings (SSSR count). The zero-order chi connectivity index (χ0) is 23.2. The van der Waals surface area contributed by atoms with Gasteiger partial charge in [-0.2, -0.15) is 5.10 Å². The summed E-state index contributed by atoms with van der Waals surface area (Å²) in [6.07, 6.45) is 5.00. The second-order valence-electron chi connectivity index (χ2n) is 10.3. The Morgan fingerprint density at radius 2 is 1.82 bits per heavy atom. The summed E-state index contributed by atoms with van der Waals surface area (Å²) in [6.45, 7) is 7.53. The number of nitrogens with zero attached hydrogens (tertiary/aromatic N) is 5. The van der Waals surface area contributed by atoms with Crippen molar-refractivity contribution in [3.05, 3.63) is 30.6 Å². The second-order valence-corrected chi connectivity index (χ2v) is 10.3. The van der Waals surface area contributed by atoms with Gasteiger partial charge in [-0.25, -0.2) is 14.4 Å². The van der Waals surface area contributed by atoms with Crippen LogP contribution in [0.25, 0.3) is 22.3 Å². The van der Waals surface area contributed by atoms with Crippen molar-refractivity contribution in [1.82, 2.24) is 30.4 Å². The van der Waals surface area contributed by atoms with Gasteiger partial charge >= 0.3 is 0 Å². The zero-order valence-electron chi connectivity index (χ0n) is 19.7. The molecule has 2 aliphatic heterocycles. The SMILES string of the molecule is CC1(Oc2ccc3[nH]nc(-c4cc(N5CCN(CC6(F)CCNCC6)CC5)ncn4)c3c2)CC1. The number of nitrogens with one attached hydrogen (secondary N) is 2. The number of piperazine rings is 1. The van der Waals surface area contributed by atoms with Crippen LogP contribution in [0, 0.1) is 0 Å². The van der Waals surface area contributed by atoms with E-state index in [1.165, 1.54) is 0 Å². The van der Waals surface area contributed by atoms with Crippen molar-refractivity contribution in [2.45, 2.75) is 43.9 Å². The molecule has 3 fully saturated rings. The van der Waals surface area contributed by atoms with Crippen molar-refractivity contribution >= 4 is 16.7 Å². The molecule has 1 aromatic carbocycles. The molecule has 8 nitrogen and oxygen atoms in total. The maximum absolute atomic E-state index is 15.1. The molecule has 0 bridgehead atoms. The van der Waals surface area contributed by atoms with Gasteiger partial charge in [-0.05, 0) is 63.9 Å². The Bertz CT molecular complexity index is 1160. The Kier molecular flexibility index (Phi) is 5.41. The molecule has 180 valence electrons. The number of anilines is 1. The standard InChI is InChI=1S/C25H32FN7O/c1-24(4-5-24)34-18-2-3-20-19(14-18)23(31-30-20)21-15-22(29-17-28-21)33-12-10-32(11-13-33)16-25(26)6-8-27-9-7-25/h2-3,14-15,17,27H,4-13,16H2,1H3,(H,30,31). The van der Waals surface area contributed by atoms with Crippen LogP contribution in [0.4, 0.5) is 10.2 Å². The molecule has 3 aliphatic rings. The lowest BCUT2D eigenvalue weighted by Crippen LogP contribution is -2.53. The minimum absolute atomic E-state index is 0.0303. The normalized spacial score (nSPS) is 22.1. The second kappa shape index (κ2) is 8.46. The third-order valence-electron chi connectivity index (χ3n) is 7.45. The van der Waals surface area contributed by atoms with E-state index in [4.69, 9.17) is 4.74 Å². The minimum Gasteiger partial charge on any atom is -0.488 e. The Morgan fingerprint density at radius 3 is 2.59 bits per heavy atom. The number of piperidine rings is 1. The van der Waals surface area contributed by atoms with Crippen LogP contribution in [-0.4, -0.2) is 82.1 Å². The van der Waals surface area contributed by atoms with Crippen molar-refractivity contribution in [2.75, 3.05) is 50.7 Å². The number of aromatic nitrogens is 4. The van der Waals surface area contributed by atoms with Gasteiger partial charge in [0, 0.05) is 44.2 Å². The third-order valence-corrected chi connectivity index (χ3v) is 7.45. The van der Waals surface area contributed by atoms with Gasteiger partial charge in [0.1, 0.15) is 34.9 Å². The molecule has 2 N–H and O–H groups in total. The monoisotopic (exact) mass is 465 g/mol. The first-order valence-electron chi connectivity index (χ1n) is 12.4. The predicted octanol–water partition coefficient (Wildman–Crippen LogP) is 3.16. The number of alkyl halides is 1. The first-order valence-corrected chi connectivity index (χ1v) is 12.4. The van der Waals surface area contributed by atoms with Gasteiger partial charge in [0.25, 0.3) is 0 Å². The molecule has 2 saturated heterocycles. The lowest BCUT2D eigenvalue weighted by molar-refractivity contribution is 0.0591. The predicted molar refractivity (Wildman–Crippen MR) is 130 cm³/mol. The molecule has 0 atom stereocenters. The van der Waals surface area contributed by atoms with Crippen molar-refractivity contribution in [3.63, 3.8) is 0 Å². The van der Waals surface area contributed by atoms with Gasteiger partial charge in [0.2, 0.25) is 0 Å². The van der Waals surface area contributed by atoms with E-state index >= 15 is 4.39 Å². The van der Waals surface area contributed by atoms with Crippen LogP contribution in [0.15, 0.2) is 30.6 Å². The fraction of sp³-hybridized carbons (Fsp3) is 0.560. The van der Waals surface area contributed by atoms with E-state index in [1.54, 1.807) is 6.33 Å². The zero-order valence-corrected chi connectivity index (χ0v) is 19.7. The molecule has 0 radical (unpaired) electrons. The Hall–Kier alpha value is -2.78. The first kappa shape index (κ1) is 21.7. The van der Waals surface area contributed by atoms with Crippen LogP contribution in [0.2, 0.25) is 0 Å². The maximum Gasteiger partial charge on any atom is 0.132 e. The molecule has 34 heavy (non-hydrogen) atoms.